The van der Waals surface area contributed by atoms with E-state index in [1.54, 1.807) is 0 Å². The molecular weight excluding hydrogens is 174 g/mol. The van der Waals surface area contributed by atoms with E-state index in [9.17, 15) is 4.79 Å². The Morgan fingerprint density at radius 2 is 1.71 bits per heavy atom. The third kappa shape index (κ3) is 1.65. The summed E-state index contributed by atoms with van der Waals surface area (Å²) in [6.07, 6.45) is 1.38. The molecule has 2 heteroatoms. The van der Waals surface area contributed by atoms with Crippen LogP contribution in [0, 0.1) is 0 Å². The minimum Gasteiger partial charge on any atom is -0.272 e. The zero-order chi connectivity index (χ0) is 10.6. The van der Waals surface area contributed by atoms with Gasteiger partial charge in [0.2, 0.25) is 5.91 Å². The molecule has 0 aliphatic carbocycles. The molecule has 0 unspecified atom stereocenters. The maximum Gasteiger partial charge on any atom is 0.249 e. The summed E-state index contributed by atoms with van der Waals surface area (Å²) in [5.74, 6) is -0.478. The Bertz CT molecular complexity index is 301. The van der Waals surface area contributed by atoms with Gasteiger partial charge in [-0.3, -0.25) is 10.5 Å². The van der Waals surface area contributed by atoms with Gasteiger partial charge >= 0.3 is 0 Å². The zero-order valence-corrected chi connectivity index (χ0v) is 8.71. The minimum absolute atomic E-state index is 0.478. The second-order valence-corrected chi connectivity index (χ2v) is 3.48. The molecule has 0 atom stereocenters. The molecule has 0 saturated heterocycles. The number of carbonyl (C=O) groups is 1. The summed E-state index contributed by atoms with van der Waals surface area (Å²) in [5.41, 5.74) is 7.75. The third-order valence-corrected chi connectivity index (χ3v) is 2.97. The average molecular weight is 190 g/mol. The fraction of sp³-hybridized carbons (Fsp3) is 0.417. The molecule has 1 amide bonds. The van der Waals surface area contributed by atoms with Gasteiger partial charge in [-0.15, -0.1) is 0 Å². The first-order valence-electron chi connectivity index (χ1n) is 4.99. The van der Waals surface area contributed by atoms with Crippen molar-refractivity contribution in [3.8, 4) is 0 Å². The smallest absolute Gasteiger partial charge is 0.249 e. The molecule has 0 aliphatic rings. The molecule has 0 spiro atoms. The molecule has 0 aromatic heterocycles. The molecule has 0 bridgehead atoms. The first-order valence-corrected chi connectivity index (χ1v) is 4.99. The van der Waals surface area contributed by atoms with E-state index in [-0.39, 0.29) is 0 Å². The summed E-state index contributed by atoms with van der Waals surface area (Å²) in [5, 5.41) is 0. The molecule has 14 heavy (non-hydrogen) atoms. The lowest BCUT2D eigenvalue weighted by molar-refractivity contribution is -0.124. The van der Waals surface area contributed by atoms with Crippen LogP contribution < -0.4 is 5.73 Å². The second-order valence-electron chi connectivity index (χ2n) is 3.48. The fourth-order valence-electron chi connectivity index (χ4n) is 1.87. The number of hydrogen-bond acceptors (Lipinski definition) is 1. The van der Waals surface area contributed by atoms with Gasteiger partial charge in [0.15, 0.2) is 0 Å². The molecule has 1 radical (unpaired) electrons. The van der Waals surface area contributed by atoms with Gasteiger partial charge in [0.05, 0.1) is 5.41 Å². The Hall–Kier alpha value is -1.31. The van der Waals surface area contributed by atoms with Crippen LogP contribution in [0.5, 0.6) is 0 Å². The summed E-state index contributed by atoms with van der Waals surface area (Å²) in [6.45, 7) is 3.92. The van der Waals surface area contributed by atoms with Crippen molar-refractivity contribution in [2.24, 2.45) is 0 Å². The van der Waals surface area contributed by atoms with Crippen LogP contribution in [-0.2, 0) is 10.2 Å². The Morgan fingerprint density at radius 1 is 1.21 bits per heavy atom. The van der Waals surface area contributed by atoms with Crippen LogP contribution in [0.3, 0.4) is 0 Å². The average Bonchev–Trinajstić information content (AvgIpc) is 2.22. The normalized spacial score (nSPS) is 11.3. The Balaban J connectivity index is 3.18. The van der Waals surface area contributed by atoms with Crippen LogP contribution in [0.15, 0.2) is 30.3 Å². The van der Waals surface area contributed by atoms with Gasteiger partial charge in [0.1, 0.15) is 0 Å². The monoisotopic (exact) mass is 190 g/mol. The maximum atomic E-state index is 11.4. The minimum atomic E-state index is -0.596. The van der Waals surface area contributed by atoms with Gasteiger partial charge in [0.25, 0.3) is 0 Å². The predicted octanol–water partition coefficient (Wildman–Crippen LogP) is 2.55. The predicted molar refractivity (Wildman–Crippen MR) is 56.8 cm³/mol. The molecule has 0 fully saturated rings. The highest BCUT2D eigenvalue weighted by atomic mass is 16.1. The topological polar surface area (TPSA) is 40.9 Å². The van der Waals surface area contributed by atoms with Crippen molar-refractivity contribution in [3.05, 3.63) is 35.9 Å². The molecule has 1 aromatic rings. The van der Waals surface area contributed by atoms with Gasteiger partial charge in [-0.1, -0.05) is 44.2 Å². The Morgan fingerprint density at radius 3 is 2.07 bits per heavy atom. The summed E-state index contributed by atoms with van der Waals surface area (Å²) >= 11 is 0. The van der Waals surface area contributed by atoms with E-state index in [2.05, 4.69) is 0 Å². The van der Waals surface area contributed by atoms with Crippen LogP contribution in [-0.4, -0.2) is 5.91 Å². The van der Waals surface area contributed by atoms with E-state index in [4.69, 9.17) is 5.73 Å². The van der Waals surface area contributed by atoms with Crippen molar-refractivity contribution >= 4 is 5.91 Å². The van der Waals surface area contributed by atoms with Crippen LogP contribution >= 0.6 is 0 Å². The van der Waals surface area contributed by atoms with Gasteiger partial charge in [-0.05, 0) is 18.4 Å². The summed E-state index contributed by atoms with van der Waals surface area (Å²) in [4.78, 5) is 11.4. The standard InChI is InChI=1S/C12H16NO/c1-3-12(4-2,11(13)14)10-8-6-5-7-9-10/h5-9,13H,3-4H2,1-2H3. The van der Waals surface area contributed by atoms with Gasteiger partial charge < -0.3 is 0 Å². The highest BCUT2D eigenvalue weighted by molar-refractivity contribution is 5.85. The first-order chi connectivity index (χ1) is 6.67. The largest absolute Gasteiger partial charge is 0.272 e. The van der Waals surface area contributed by atoms with E-state index in [0.717, 1.165) is 5.56 Å². The molecule has 0 aliphatic heterocycles. The lowest BCUT2D eigenvalue weighted by atomic mass is 9.75. The van der Waals surface area contributed by atoms with E-state index in [1.165, 1.54) is 0 Å². The van der Waals surface area contributed by atoms with E-state index >= 15 is 0 Å². The van der Waals surface area contributed by atoms with Gasteiger partial charge in [-0.2, -0.15) is 0 Å². The van der Waals surface area contributed by atoms with Crippen LogP contribution in [0.4, 0.5) is 0 Å². The quantitative estimate of drug-likeness (QED) is 0.719. The fourth-order valence-corrected chi connectivity index (χ4v) is 1.87. The van der Waals surface area contributed by atoms with E-state index in [0.29, 0.717) is 12.8 Å². The van der Waals surface area contributed by atoms with Crippen molar-refractivity contribution in [3.63, 3.8) is 0 Å². The first kappa shape index (κ1) is 10.8. The maximum absolute atomic E-state index is 11.4. The van der Waals surface area contributed by atoms with Crippen molar-refractivity contribution < 1.29 is 4.79 Å². The second kappa shape index (κ2) is 4.27. The Labute approximate surface area is 85.1 Å². The molecule has 2 nitrogen and oxygen atoms in total. The van der Waals surface area contributed by atoms with Crippen molar-refractivity contribution in [2.45, 2.75) is 32.1 Å². The highest BCUT2D eigenvalue weighted by Gasteiger charge is 2.34. The number of rotatable bonds is 4. The molecule has 1 N–H and O–H groups in total. The van der Waals surface area contributed by atoms with Crippen LogP contribution in [0.1, 0.15) is 32.3 Å². The van der Waals surface area contributed by atoms with Crippen molar-refractivity contribution in [1.82, 2.24) is 5.73 Å². The molecular formula is C12H16NO. The lowest BCUT2D eigenvalue weighted by Crippen LogP contribution is -2.35. The SMILES string of the molecule is CCC(CC)(C([NH])=O)c1ccccc1. The van der Waals surface area contributed by atoms with Crippen LogP contribution in [0.25, 0.3) is 0 Å². The number of hydrogen-bond donors (Lipinski definition) is 0. The number of nitrogens with one attached hydrogen (secondary N) is 1. The molecule has 75 valence electrons. The van der Waals surface area contributed by atoms with Gasteiger partial charge in [0, 0.05) is 0 Å². The van der Waals surface area contributed by atoms with Crippen LogP contribution in [0.2, 0.25) is 0 Å². The zero-order valence-electron chi connectivity index (χ0n) is 8.71. The molecule has 0 saturated carbocycles. The van der Waals surface area contributed by atoms with Crippen molar-refractivity contribution in [1.29, 1.82) is 0 Å². The highest BCUT2D eigenvalue weighted by Crippen LogP contribution is 2.31. The Kier molecular flexibility index (Phi) is 3.28. The van der Waals surface area contributed by atoms with E-state index < -0.39 is 11.3 Å². The number of benzene rings is 1. The summed E-state index contributed by atoms with van der Waals surface area (Å²) in [7, 11) is 0. The summed E-state index contributed by atoms with van der Waals surface area (Å²) < 4.78 is 0. The molecule has 1 aromatic carbocycles. The van der Waals surface area contributed by atoms with Crippen molar-refractivity contribution in [2.75, 3.05) is 0 Å². The summed E-state index contributed by atoms with van der Waals surface area (Å²) in [6, 6.07) is 9.61. The number of carbonyl (C=O) groups excluding carboxylic acids is 1. The third-order valence-electron chi connectivity index (χ3n) is 2.97. The molecule has 1 rings (SSSR count). The number of amides is 1. The molecule has 0 heterocycles. The lowest BCUT2D eigenvalue weighted by Gasteiger charge is -2.27. The van der Waals surface area contributed by atoms with Gasteiger partial charge in [-0.25, -0.2) is 0 Å². The van der Waals surface area contributed by atoms with E-state index in [1.807, 2.05) is 44.2 Å².